The number of ether oxygens (including phenoxy) is 1. The quantitative estimate of drug-likeness (QED) is 0.610. The Morgan fingerprint density at radius 3 is 3.06 bits per heavy atom. The van der Waals surface area contributed by atoms with Crippen molar-refractivity contribution in [3.63, 3.8) is 0 Å². The van der Waals surface area contributed by atoms with Crippen LogP contribution in [0, 0.1) is 11.8 Å². The predicted octanol–water partition coefficient (Wildman–Crippen LogP) is 0.971. The minimum absolute atomic E-state index is 0.00839. The number of imidazole rings is 1. The maximum atomic E-state index is 11.4. The van der Waals surface area contributed by atoms with Gasteiger partial charge in [-0.05, 0) is 12.8 Å². The van der Waals surface area contributed by atoms with E-state index < -0.39 is 0 Å². The van der Waals surface area contributed by atoms with Crippen LogP contribution < -0.4 is 4.57 Å². The van der Waals surface area contributed by atoms with Crippen LogP contribution in [0.5, 0.6) is 0 Å². The summed E-state index contributed by atoms with van der Waals surface area (Å²) < 4.78 is 7.20. The van der Waals surface area contributed by atoms with Crippen LogP contribution in [0.1, 0.15) is 25.5 Å². The van der Waals surface area contributed by atoms with Crippen molar-refractivity contribution in [3.8, 4) is 0 Å². The first-order chi connectivity index (χ1) is 7.72. The highest BCUT2D eigenvalue weighted by Gasteiger charge is 2.35. The van der Waals surface area contributed by atoms with Crippen molar-refractivity contribution in [1.29, 1.82) is 0 Å². The Hall–Kier alpha value is -1.32. The van der Waals surface area contributed by atoms with E-state index >= 15 is 0 Å². The molecule has 1 aromatic heterocycles. The number of nitrogens with zero attached hydrogens (tertiary/aromatic N) is 1. The molecule has 1 aliphatic rings. The molecule has 0 spiro atoms. The number of hydrogen-bond acceptors (Lipinski definition) is 2. The molecule has 1 saturated heterocycles. The average molecular weight is 223 g/mol. The third-order valence-electron chi connectivity index (χ3n) is 3.49. The number of rotatable bonds is 4. The predicted molar refractivity (Wildman–Crippen MR) is 58.5 cm³/mol. The molecule has 2 rings (SSSR count). The van der Waals surface area contributed by atoms with Gasteiger partial charge in [0.15, 0.2) is 0 Å². The normalized spacial score (nSPS) is 24.8. The molecule has 1 N–H and O–H groups in total. The van der Waals surface area contributed by atoms with Gasteiger partial charge < -0.3 is 4.74 Å². The van der Waals surface area contributed by atoms with Gasteiger partial charge in [-0.3, -0.25) is 4.79 Å². The van der Waals surface area contributed by atoms with Crippen LogP contribution in [0.3, 0.4) is 0 Å². The monoisotopic (exact) mass is 223 g/mol. The summed E-state index contributed by atoms with van der Waals surface area (Å²) in [5, 5.41) is 0. The number of carbonyl (C=O) groups excluding carboxylic acids is 1. The van der Waals surface area contributed by atoms with Gasteiger partial charge in [-0.25, -0.2) is 9.55 Å². The molecule has 0 bridgehead atoms. The van der Waals surface area contributed by atoms with E-state index in [0.717, 1.165) is 19.3 Å². The highest BCUT2D eigenvalue weighted by Crippen LogP contribution is 2.28. The van der Waals surface area contributed by atoms with Crippen molar-refractivity contribution in [2.24, 2.45) is 18.9 Å². The lowest BCUT2D eigenvalue weighted by atomic mass is 9.89. The summed E-state index contributed by atoms with van der Waals surface area (Å²) >= 11 is 0. The molecule has 4 nitrogen and oxygen atoms in total. The van der Waals surface area contributed by atoms with Crippen LogP contribution in [0.4, 0.5) is 0 Å². The van der Waals surface area contributed by atoms with Gasteiger partial charge >= 0.3 is 5.97 Å². The Morgan fingerprint density at radius 2 is 2.44 bits per heavy atom. The summed E-state index contributed by atoms with van der Waals surface area (Å²) in [6.07, 6.45) is 6.86. The molecule has 0 saturated carbocycles. The van der Waals surface area contributed by atoms with Crippen molar-refractivity contribution in [2.45, 2.75) is 26.2 Å². The second-order valence-corrected chi connectivity index (χ2v) is 4.49. The van der Waals surface area contributed by atoms with E-state index in [-0.39, 0.29) is 11.9 Å². The number of esters is 1. The first-order valence-electron chi connectivity index (χ1n) is 5.90. The fourth-order valence-electron chi connectivity index (χ4n) is 2.40. The van der Waals surface area contributed by atoms with E-state index in [1.165, 1.54) is 5.69 Å². The van der Waals surface area contributed by atoms with E-state index in [1.807, 2.05) is 19.6 Å². The molecule has 88 valence electrons. The second-order valence-electron chi connectivity index (χ2n) is 4.49. The minimum Gasteiger partial charge on any atom is -0.465 e. The van der Waals surface area contributed by atoms with Crippen molar-refractivity contribution < 1.29 is 14.1 Å². The number of nitrogens with one attached hydrogen (secondary N) is 1. The van der Waals surface area contributed by atoms with Crippen LogP contribution in [-0.2, 0) is 23.0 Å². The molecule has 1 fully saturated rings. The topological polar surface area (TPSA) is 46.0 Å². The molecule has 16 heavy (non-hydrogen) atoms. The van der Waals surface area contributed by atoms with Gasteiger partial charge in [-0.2, -0.15) is 0 Å². The fraction of sp³-hybridized carbons (Fsp3) is 0.667. The molecular formula is C12H19N2O2+. The zero-order valence-electron chi connectivity index (χ0n) is 9.90. The van der Waals surface area contributed by atoms with E-state index in [2.05, 4.69) is 16.5 Å². The zero-order valence-corrected chi connectivity index (χ0v) is 9.90. The molecule has 1 aliphatic heterocycles. The van der Waals surface area contributed by atoms with Crippen LogP contribution in [0.2, 0.25) is 0 Å². The minimum atomic E-state index is -0.00839. The van der Waals surface area contributed by atoms with Gasteiger partial charge in [-0.15, -0.1) is 0 Å². The molecule has 2 atom stereocenters. The molecule has 0 amide bonds. The van der Waals surface area contributed by atoms with Crippen molar-refractivity contribution in [3.05, 3.63) is 18.2 Å². The van der Waals surface area contributed by atoms with Crippen LogP contribution >= 0.6 is 0 Å². The maximum absolute atomic E-state index is 11.4. The second kappa shape index (κ2) is 4.68. The highest BCUT2D eigenvalue weighted by molar-refractivity contribution is 5.74. The smallest absolute Gasteiger partial charge is 0.309 e. The first-order valence-corrected chi connectivity index (χ1v) is 5.90. The lowest BCUT2D eigenvalue weighted by molar-refractivity contribution is -0.677. The summed E-state index contributed by atoms with van der Waals surface area (Å²) in [6, 6.07) is 0. The Labute approximate surface area is 95.6 Å². The SMILES string of the molecule is CC[C@@H]1C(=O)OC[C@@H]1CCc1c[nH]c[n+]1C. The Bertz CT molecular complexity index is 373. The number of aromatic nitrogens is 2. The Kier molecular flexibility index (Phi) is 3.27. The molecule has 0 unspecified atom stereocenters. The number of cyclic esters (lactones) is 1. The first kappa shape index (κ1) is 11.2. The summed E-state index contributed by atoms with van der Waals surface area (Å²) in [6.45, 7) is 2.66. The van der Waals surface area contributed by atoms with Gasteiger partial charge in [0, 0.05) is 12.3 Å². The molecule has 1 aromatic rings. The van der Waals surface area contributed by atoms with Gasteiger partial charge in [0.05, 0.1) is 19.6 Å². The Morgan fingerprint density at radius 1 is 1.62 bits per heavy atom. The lowest BCUT2D eigenvalue weighted by Gasteiger charge is -2.11. The van der Waals surface area contributed by atoms with E-state index in [9.17, 15) is 4.79 Å². The Balaban J connectivity index is 1.91. The van der Waals surface area contributed by atoms with Gasteiger partial charge in [0.2, 0.25) is 6.33 Å². The number of aromatic amines is 1. The standard InChI is InChI=1S/C12H18N2O2/c1-3-11-9(7-16-12(11)15)4-5-10-6-13-8-14(10)2/h6,8-9,11H,3-5,7H2,1-2H3/p+1/t9-,11-/m0/s1. The zero-order chi connectivity index (χ0) is 11.5. The van der Waals surface area contributed by atoms with E-state index in [4.69, 9.17) is 4.74 Å². The van der Waals surface area contributed by atoms with E-state index in [0.29, 0.717) is 12.5 Å². The molecule has 0 radical (unpaired) electrons. The molecular weight excluding hydrogens is 204 g/mol. The van der Waals surface area contributed by atoms with Gasteiger partial charge in [0.25, 0.3) is 0 Å². The summed E-state index contributed by atoms with van der Waals surface area (Å²) in [7, 11) is 2.03. The average Bonchev–Trinajstić information content (AvgIpc) is 2.82. The van der Waals surface area contributed by atoms with Crippen LogP contribution in [0.15, 0.2) is 12.5 Å². The molecule has 2 heterocycles. The fourth-order valence-corrected chi connectivity index (χ4v) is 2.40. The van der Waals surface area contributed by atoms with Gasteiger partial charge in [0.1, 0.15) is 11.9 Å². The number of hydrogen-bond donors (Lipinski definition) is 1. The number of aryl methyl sites for hydroxylation is 2. The van der Waals surface area contributed by atoms with Crippen molar-refractivity contribution >= 4 is 5.97 Å². The number of carbonyl (C=O) groups is 1. The van der Waals surface area contributed by atoms with E-state index in [1.54, 1.807) is 0 Å². The summed E-state index contributed by atoms with van der Waals surface area (Å²) in [4.78, 5) is 14.5. The lowest BCUT2D eigenvalue weighted by Crippen LogP contribution is -2.30. The third kappa shape index (κ3) is 2.10. The van der Waals surface area contributed by atoms with Crippen LogP contribution in [-0.4, -0.2) is 17.6 Å². The molecule has 4 heteroatoms. The maximum Gasteiger partial charge on any atom is 0.309 e. The molecule has 0 aliphatic carbocycles. The largest absolute Gasteiger partial charge is 0.465 e. The van der Waals surface area contributed by atoms with Crippen LogP contribution in [0.25, 0.3) is 0 Å². The number of H-pyrrole nitrogens is 1. The molecule has 0 aromatic carbocycles. The third-order valence-corrected chi connectivity index (χ3v) is 3.49. The summed E-state index contributed by atoms with van der Waals surface area (Å²) in [5.41, 5.74) is 1.27. The van der Waals surface area contributed by atoms with Crippen molar-refractivity contribution in [1.82, 2.24) is 4.98 Å². The summed E-state index contributed by atoms with van der Waals surface area (Å²) in [5.74, 6) is 0.502. The van der Waals surface area contributed by atoms with Gasteiger partial charge in [-0.1, -0.05) is 6.92 Å². The van der Waals surface area contributed by atoms with Crippen molar-refractivity contribution in [2.75, 3.05) is 6.61 Å². The highest BCUT2D eigenvalue weighted by atomic mass is 16.5.